The molecule has 0 aliphatic rings. The molecule has 0 aliphatic heterocycles. The molecular weight excluding hydrogens is 1670 g/mol. The van der Waals surface area contributed by atoms with E-state index in [0.29, 0.717) is 57.3 Å². The zero-order valence-corrected chi connectivity index (χ0v) is 70.4. The van der Waals surface area contributed by atoms with Crippen LogP contribution in [0.15, 0.2) is 144 Å². The van der Waals surface area contributed by atoms with Crippen LogP contribution >= 0.6 is 23.2 Å². The molecule has 654 valence electrons. The number of aromatic amines is 5. The molecule has 0 spiro atoms. The van der Waals surface area contributed by atoms with E-state index < -0.39 is 75.9 Å². The molecule has 0 saturated heterocycles. The summed E-state index contributed by atoms with van der Waals surface area (Å²) in [5.74, 6) is -0.991. The highest BCUT2D eigenvalue weighted by molar-refractivity contribution is 6.68. The van der Waals surface area contributed by atoms with Crippen molar-refractivity contribution in [3.63, 3.8) is 0 Å². The van der Waals surface area contributed by atoms with Gasteiger partial charge in [-0.05, 0) is 163 Å². The Kier molecular flexibility index (Phi) is 33.3. The molecular formula is C83H88Cl2N20O20. The van der Waals surface area contributed by atoms with Gasteiger partial charge in [0.15, 0.2) is 42.6 Å². The van der Waals surface area contributed by atoms with Crippen LogP contribution in [0.1, 0.15) is 122 Å². The van der Waals surface area contributed by atoms with Crippen LogP contribution in [0.5, 0.6) is 17.2 Å². The van der Waals surface area contributed by atoms with Crippen molar-refractivity contribution in [2.24, 2.45) is 5.73 Å². The molecule has 6 aromatic carbocycles. The number of aliphatic hydroxyl groups is 4. The van der Waals surface area contributed by atoms with Gasteiger partial charge in [-0.25, -0.2) is 44.5 Å². The number of carbonyl (C=O) groups excluding carboxylic acids is 9. The lowest BCUT2D eigenvalue weighted by Crippen LogP contribution is -2.36. The van der Waals surface area contributed by atoms with Crippen molar-refractivity contribution in [1.29, 1.82) is 0 Å². The maximum absolute atomic E-state index is 12.9. The number of hydrogen-bond acceptors (Lipinski definition) is 28. The van der Waals surface area contributed by atoms with E-state index in [1.54, 1.807) is 68.4 Å². The molecule has 14 rings (SSSR count). The van der Waals surface area contributed by atoms with Gasteiger partial charge in [-0.1, -0.05) is 59.2 Å². The van der Waals surface area contributed by atoms with Crippen molar-refractivity contribution in [3.8, 4) is 17.2 Å². The summed E-state index contributed by atoms with van der Waals surface area (Å²) in [7, 11) is 0. The SMILES string of the molecule is CCOC(=O)COc1ccc2nc(C)[nH]c2c1.CCOC(=O)COc1ccc2nc(NC(=O)c3[nH]cnc3C(=O)Nc3ccc(C)cc3C)[nH]c2c1.Cc1ccc(C)c(C)c1.Cc1ccc(NC(=O)c2nc[nH]c2C(=O)Nc2nc3ccc(OCC(=O)NCC(O)CO)cc3[nH]2)c(C)c1.NCC(O)CO.O=C(Cl)c1ncn2c(=O)c3c(C(=O)Cl)ncn3c(=O)c12. The Morgan fingerprint density at radius 2 is 0.864 bits per heavy atom. The first kappa shape index (κ1) is 94.2. The minimum Gasteiger partial charge on any atom is -0.484 e. The maximum atomic E-state index is 12.9. The molecule has 16 N–H and O–H groups in total. The minimum atomic E-state index is -1.04. The number of halogens is 2. The summed E-state index contributed by atoms with van der Waals surface area (Å²) >= 11 is 10.6. The van der Waals surface area contributed by atoms with E-state index in [9.17, 15) is 57.8 Å². The number of carbonyl (C=O) groups is 9. The Labute approximate surface area is 719 Å². The van der Waals surface area contributed by atoms with Gasteiger partial charge in [0.2, 0.25) is 11.9 Å². The molecule has 2 atom stereocenters. The van der Waals surface area contributed by atoms with Crippen molar-refractivity contribution in [2.45, 2.75) is 81.4 Å². The number of amides is 5. The molecule has 8 heterocycles. The second kappa shape index (κ2) is 44.2. The lowest BCUT2D eigenvalue weighted by molar-refractivity contribution is -0.146. The van der Waals surface area contributed by atoms with Crippen LogP contribution in [-0.2, 0) is 23.9 Å². The number of hydrogen-bond donors (Lipinski definition) is 15. The Bertz CT molecular complexity index is 6290. The number of benzene rings is 6. The van der Waals surface area contributed by atoms with Gasteiger partial charge in [0, 0.05) is 42.7 Å². The minimum absolute atomic E-state index is 0.00817. The maximum Gasteiger partial charge on any atom is 0.344 e. The van der Waals surface area contributed by atoms with Crippen molar-refractivity contribution in [1.82, 2.24) is 73.9 Å². The van der Waals surface area contributed by atoms with Crippen molar-refractivity contribution < 1.29 is 87.3 Å². The van der Waals surface area contributed by atoms with Crippen LogP contribution in [0.25, 0.3) is 44.1 Å². The number of nitrogens with one attached hydrogen (secondary N) is 10. The molecule has 0 aliphatic carbocycles. The van der Waals surface area contributed by atoms with E-state index >= 15 is 0 Å². The van der Waals surface area contributed by atoms with Crippen LogP contribution in [-0.4, -0.2) is 213 Å². The molecule has 0 bridgehead atoms. The second-order valence-electron chi connectivity index (χ2n) is 27.3. The number of nitrogens with zero attached hydrogens (tertiary/aromatic N) is 9. The van der Waals surface area contributed by atoms with Gasteiger partial charge in [-0.15, -0.1) is 0 Å². The molecule has 2 unspecified atom stereocenters. The molecule has 8 aromatic heterocycles. The third-order valence-corrected chi connectivity index (χ3v) is 18.1. The number of rotatable bonds is 26. The molecule has 0 fully saturated rings. The predicted molar refractivity (Wildman–Crippen MR) is 461 cm³/mol. The number of fused-ring (bicyclic) bond motifs is 5. The monoisotopic (exact) mass is 1750 g/mol. The summed E-state index contributed by atoms with van der Waals surface area (Å²) in [4.78, 5) is 175. The van der Waals surface area contributed by atoms with Gasteiger partial charge in [0.25, 0.3) is 51.1 Å². The normalized spacial score (nSPS) is 11.2. The number of esters is 2. The molecule has 5 amide bonds. The summed E-state index contributed by atoms with van der Waals surface area (Å²) in [6.07, 6.45) is 2.71. The van der Waals surface area contributed by atoms with E-state index in [-0.39, 0.29) is 109 Å². The number of ether oxygens (including phenoxy) is 5. The average molecular weight is 1760 g/mol. The third kappa shape index (κ3) is 25.7. The number of aliphatic hydroxyl groups excluding tert-OH is 4. The molecule has 40 nitrogen and oxygen atoms in total. The van der Waals surface area contributed by atoms with Crippen molar-refractivity contribution in [2.75, 3.05) is 80.6 Å². The summed E-state index contributed by atoms with van der Waals surface area (Å²) in [6.45, 7) is 18.8. The smallest absolute Gasteiger partial charge is 0.344 e. The van der Waals surface area contributed by atoms with Gasteiger partial charge >= 0.3 is 11.9 Å². The molecule has 42 heteroatoms. The summed E-state index contributed by atoms with van der Waals surface area (Å²) in [6, 6.07) is 33.0. The highest BCUT2D eigenvalue weighted by Gasteiger charge is 2.27. The predicted octanol–water partition coefficient (Wildman–Crippen LogP) is 7.23. The van der Waals surface area contributed by atoms with Crippen molar-refractivity contribution in [3.05, 3.63) is 234 Å². The van der Waals surface area contributed by atoms with Gasteiger partial charge in [-0.2, -0.15) is 0 Å². The lowest BCUT2D eigenvalue weighted by atomic mass is 10.1. The summed E-state index contributed by atoms with van der Waals surface area (Å²) in [5, 5.41) is 45.6. The fourth-order valence-corrected chi connectivity index (χ4v) is 11.7. The Hall–Kier alpha value is -14.7. The van der Waals surface area contributed by atoms with Crippen LogP contribution in [0.4, 0.5) is 23.3 Å². The number of nitrogens with two attached hydrogens (primary N) is 1. The fraction of sp³-hybridized carbons (Fsp3) is 0.253. The van der Waals surface area contributed by atoms with E-state index in [0.717, 1.165) is 60.6 Å². The van der Waals surface area contributed by atoms with E-state index in [1.807, 2.05) is 71.0 Å². The van der Waals surface area contributed by atoms with Gasteiger partial charge in [0.1, 0.15) is 58.1 Å². The van der Waals surface area contributed by atoms with E-state index in [1.165, 1.54) is 29.3 Å². The van der Waals surface area contributed by atoms with Crippen molar-refractivity contribution >= 4 is 143 Å². The van der Waals surface area contributed by atoms with Crippen LogP contribution in [0.3, 0.4) is 0 Å². The molecule has 14 aromatic rings. The van der Waals surface area contributed by atoms with Gasteiger partial charge in [0.05, 0.1) is 84.4 Å². The standard InChI is InChI=1S/C25H27N7O6.C24H24N6O5.C12H14N2O3.C10H2Cl2N4O4.C9H12.C3H9NO2/c1-13-3-5-17(14(2)7-13)29-23(36)21-22(28-12-27-21)24(37)32-25-30-18-6-4-16(8-19(18)31-25)38-11-20(35)26-9-15(34)10-33;1-4-34-19(31)11-35-15-6-8-17-18(10-15)29-24(28-17)30-23(33)21-20(25-12-26-21)22(32)27-16-7-5-13(2)9-14(16)3;1-3-16-12(15)7-17-9-4-5-10-11(6-9)14-8(2)13-10;11-7(17)3-5-10(20)16-2-14-4(8(12)18)6(16)9(19)15(5)1-13-3;1-7-4-5-8(2)9(3)6-7;4-1-3(6)2-5/h3-8,12,15,33-34H,9-11H2,1-2H3,(H,26,35)(H,27,28)(H,29,36)(H2,30,31,32,37);5-10,12H,4,11H2,1-3H3,(H,25,26)(H,27,32)(H2,28,29,30,33);4-6H,3,7H2,1-2H3,(H,13,14);1-2H;4-6H,1-3H3;3,5-6H,1-2,4H2. The average Bonchev–Trinajstić information content (AvgIpc) is 1.59. The highest BCUT2D eigenvalue weighted by atomic mass is 35.5. The first-order valence-corrected chi connectivity index (χ1v) is 38.8. The topological polar surface area (TPSA) is 579 Å². The first-order chi connectivity index (χ1) is 59.7. The number of H-pyrrole nitrogens is 5. The number of anilines is 4. The van der Waals surface area contributed by atoms with Crippen LogP contribution in [0.2, 0.25) is 0 Å². The molecule has 0 saturated carbocycles. The van der Waals surface area contributed by atoms with Crippen LogP contribution < -0.4 is 57.6 Å². The highest BCUT2D eigenvalue weighted by Crippen LogP contribution is 2.26. The van der Waals surface area contributed by atoms with Gasteiger partial charge < -0.3 is 90.7 Å². The summed E-state index contributed by atoms with van der Waals surface area (Å²) in [5.41, 5.74) is 15.2. The first-order valence-electron chi connectivity index (χ1n) is 38.0. The van der Waals surface area contributed by atoms with E-state index in [4.69, 9.17) is 67.9 Å². The number of aryl methyl sites for hydroxylation is 8. The third-order valence-electron chi connectivity index (χ3n) is 17.7. The largest absolute Gasteiger partial charge is 0.484 e. The fourth-order valence-electron chi connectivity index (χ4n) is 11.5. The second-order valence-corrected chi connectivity index (χ2v) is 28.0. The number of imidazole rings is 7. The Balaban J connectivity index is 0.000000185. The lowest BCUT2D eigenvalue weighted by Gasteiger charge is -2.10. The number of aromatic nitrogens is 14. The van der Waals surface area contributed by atoms with Crippen LogP contribution in [0, 0.1) is 55.4 Å². The zero-order chi connectivity index (χ0) is 90.9. The Morgan fingerprint density at radius 1 is 0.464 bits per heavy atom. The van der Waals surface area contributed by atoms with Gasteiger partial charge in [-0.3, -0.25) is 62.6 Å². The zero-order valence-electron chi connectivity index (χ0n) is 68.9. The molecule has 0 radical (unpaired) electrons. The molecule has 125 heavy (non-hydrogen) atoms. The summed E-state index contributed by atoms with van der Waals surface area (Å²) < 4.78 is 27.5. The Morgan fingerprint density at radius 3 is 1.24 bits per heavy atom. The quantitative estimate of drug-likeness (QED) is 0.0188. The van der Waals surface area contributed by atoms with E-state index in [2.05, 4.69) is 125 Å².